The Labute approximate surface area is 151 Å². The fourth-order valence-electron chi connectivity index (χ4n) is 2.60. The fraction of sp³-hybridized carbons (Fsp3) is 0.350. The topological polar surface area (TPSA) is 46.3 Å². The van der Waals surface area contributed by atoms with E-state index in [0.717, 1.165) is 12.0 Å². The highest BCUT2D eigenvalue weighted by atomic mass is 35.5. The van der Waals surface area contributed by atoms with E-state index in [1.165, 1.54) is 11.1 Å². The standard InChI is InChI=1S/C20H26N2O.ClH/c1-15-9-11-17(12-10-15)13-16(2)22(3)20(23)14-19(21)18-7-5-4-6-8-18;/h4-12,16,19H,13-14,21H2,1-3H3;1H. The molecule has 2 aromatic rings. The lowest BCUT2D eigenvalue weighted by molar-refractivity contribution is -0.132. The summed E-state index contributed by atoms with van der Waals surface area (Å²) in [5.74, 6) is 0.0842. The molecule has 3 nitrogen and oxygen atoms in total. The molecular formula is C20H27ClN2O. The van der Waals surface area contributed by atoms with Gasteiger partial charge in [0.15, 0.2) is 0 Å². The van der Waals surface area contributed by atoms with Crippen molar-refractivity contribution >= 4 is 18.3 Å². The van der Waals surface area contributed by atoms with Crippen molar-refractivity contribution < 1.29 is 4.79 Å². The number of nitrogens with zero attached hydrogens (tertiary/aromatic N) is 1. The van der Waals surface area contributed by atoms with Crippen LogP contribution in [0.4, 0.5) is 0 Å². The Morgan fingerprint density at radius 1 is 1.08 bits per heavy atom. The lowest BCUT2D eigenvalue weighted by Crippen LogP contribution is -2.37. The minimum absolute atomic E-state index is 0. The molecule has 0 aliphatic carbocycles. The van der Waals surface area contributed by atoms with Gasteiger partial charge in [-0.1, -0.05) is 60.2 Å². The lowest BCUT2D eigenvalue weighted by Gasteiger charge is -2.26. The van der Waals surface area contributed by atoms with Gasteiger partial charge in [0.1, 0.15) is 0 Å². The van der Waals surface area contributed by atoms with Crippen molar-refractivity contribution in [2.75, 3.05) is 7.05 Å². The van der Waals surface area contributed by atoms with E-state index in [-0.39, 0.29) is 30.4 Å². The zero-order chi connectivity index (χ0) is 16.8. The number of aryl methyl sites for hydroxylation is 1. The second-order valence-electron chi connectivity index (χ2n) is 6.26. The molecule has 0 radical (unpaired) electrons. The molecule has 0 aliphatic rings. The number of nitrogens with two attached hydrogens (primary N) is 1. The van der Waals surface area contributed by atoms with Crippen LogP contribution in [-0.4, -0.2) is 23.9 Å². The SMILES string of the molecule is Cc1ccc(CC(C)N(C)C(=O)CC(N)c2ccccc2)cc1.Cl. The Balaban J connectivity index is 0.00000288. The Morgan fingerprint density at radius 2 is 1.67 bits per heavy atom. The number of likely N-dealkylation sites (N-methyl/N-ethyl adjacent to an activating group) is 1. The normalized spacial score (nSPS) is 12.8. The number of rotatable bonds is 6. The molecule has 130 valence electrons. The molecule has 0 saturated heterocycles. The van der Waals surface area contributed by atoms with Gasteiger partial charge in [-0.3, -0.25) is 4.79 Å². The minimum Gasteiger partial charge on any atom is -0.343 e. The van der Waals surface area contributed by atoms with E-state index in [1.807, 2.05) is 42.3 Å². The lowest BCUT2D eigenvalue weighted by atomic mass is 10.0. The zero-order valence-electron chi connectivity index (χ0n) is 14.6. The Morgan fingerprint density at radius 3 is 2.25 bits per heavy atom. The summed E-state index contributed by atoms with van der Waals surface area (Å²) >= 11 is 0. The molecule has 1 amide bonds. The molecule has 2 N–H and O–H groups in total. The van der Waals surface area contributed by atoms with Gasteiger partial charge in [0.2, 0.25) is 5.91 Å². The Bertz CT molecular complexity index is 628. The van der Waals surface area contributed by atoms with Crippen molar-refractivity contribution in [2.24, 2.45) is 5.73 Å². The summed E-state index contributed by atoms with van der Waals surface area (Å²) in [4.78, 5) is 14.3. The monoisotopic (exact) mass is 346 g/mol. The van der Waals surface area contributed by atoms with E-state index in [0.29, 0.717) is 6.42 Å². The molecule has 24 heavy (non-hydrogen) atoms. The van der Waals surface area contributed by atoms with Gasteiger partial charge in [0.05, 0.1) is 0 Å². The summed E-state index contributed by atoms with van der Waals surface area (Å²) in [5.41, 5.74) is 9.65. The molecule has 4 heteroatoms. The molecule has 0 aromatic heterocycles. The number of carbonyl (C=O) groups is 1. The Hall–Kier alpha value is -1.84. The van der Waals surface area contributed by atoms with E-state index in [1.54, 1.807) is 0 Å². The van der Waals surface area contributed by atoms with Crippen molar-refractivity contribution in [3.63, 3.8) is 0 Å². The van der Waals surface area contributed by atoms with Crippen LogP contribution in [0, 0.1) is 6.92 Å². The van der Waals surface area contributed by atoms with Crippen LogP contribution in [0.1, 0.15) is 36.1 Å². The molecule has 0 aliphatic heterocycles. The van der Waals surface area contributed by atoms with Crippen LogP contribution >= 0.6 is 12.4 Å². The fourth-order valence-corrected chi connectivity index (χ4v) is 2.60. The van der Waals surface area contributed by atoms with Crippen LogP contribution in [-0.2, 0) is 11.2 Å². The van der Waals surface area contributed by atoms with E-state index in [4.69, 9.17) is 5.73 Å². The van der Waals surface area contributed by atoms with Gasteiger partial charge in [0.25, 0.3) is 0 Å². The van der Waals surface area contributed by atoms with Gasteiger partial charge in [-0.25, -0.2) is 0 Å². The second kappa shape index (κ2) is 9.45. The molecule has 0 spiro atoms. The first-order valence-corrected chi connectivity index (χ1v) is 8.09. The third kappa shape index (κ3) is 5.66. The van der Waals surface area contributed by atoms with Crippen LogP contribution in [0.2, 0.25) is 0 Å². The molecule has 0 heterocycles. The van der Waals surface area contributed by atoms with Crippen LogP contribution < -0.4 is 5.73 Å². The first-order chi connectivity index (χ1) is 11.0. The van der Waals surface area contributed by atoms with Gasteiger partial charge in [-0.2, -0.15) is 0 Å². The number of hydrogen-bond donors (Lipinski definition) is 1. The number of benzene rings is 2. The van der Waals surface area contributed by atoms with Crippen molar-refractivity contribution in [1.29, 1.82) is 0 Å². The average molecular weight is 347 g/mol. The van der Waals surface area contributed by atoms with Crippen molar-refractivity contribution in [3.05, 3.63) is 71.3 Å². The molecule has 0 fully saturated rings. The molecule has 0 saturated carbocycles. The van der Waals surface area contributed by atoms with Gasteiger partial charge in [-0.05, 0) is 31.4 Å². The second-order valence-corrected chi connectivity index (χ2v) is 6.26. The predicted octanol–water partition coefficient (Wildman–Crippen LogP) is 3.90. The highest BCUT2D eigenvalue weighted by Crippen LogP contribution is 2.16. The smallest absolute Gasteiger partial charge is 0.224 e. The van der Waals surface area contributed by atoms with E-state index in [9.17, 15) is 4.79 Å². The number of halogens is 1. The van der Waals surface area contributed by atoms with Crippen LogP contribution in [0.15, 0.2) is 54.6 Å². The average Bonchev–Trinajstić information content (AvgIpc) is 2.56. The van der Waals surface area contributed by atoms with Crippen LogP contribution in [0.25, 0.3) is 0 Å². The largest absolute Gasteiger partial charge is 0.343 e. The maximum absolute atomic E-state index is 12.5. The van der Waals surface area contributed by atoms with E-state index >= 15 is 0 Å². The summed E-state index contributed by atoms with van der Waals surface area (Å²) in [6, 6.07) is 18.1. The van der Waals surface area contributed by atoms with Gasteiger partial charge in [0, 0.05) is 25.6 Å². The molecule has 2 aromatic carbocycles. The van der Waals surface area contributed by atoms with Gasteiger partial charge >= 0.3 is 0 Å². The van der Waals surface area contributed by atoms with E-state index in [2.05, 4.69) is 38.1 Å². The number of carbonyl (C=O) groups excluding carboxylic acids is 1. The van der Waals surface area contributed by atoms with Crippen molar-refractivity contribution in [3.8, 4) is 0 Å². The third-order valence-electron chi connectivity index (χ3n) is 4.33. The minimum atomic E-state index is -0.252. The molecular weight excluding hydrogens is 320 g/mol. The molecule has 0 bridgehead atoms. The van der Waals surface area contributed by atoms with Gasteiger partial charge in [-0.15, -0.1) is 12.4 Å². The quantitative estimate of drug-likeness (QED) is 0.862. The van der Waals surface area contributed by atoms with E-state index < -0.39 is 0 Å². The summed E-state index contributed by atoms with van der Waals surface area (Å²) in [6.07, 6.45) is 1.18. The van der Waals surface area contributed by atoms with Crippen LogP contribution in [0.3, 0.4) is 0 Å². The van der Waals surface area contributed by atoms with Crippen molar-refractivity contribution in [1.82, 2.24) is 4.90 Å². The first kappa shape index (κ1) is 20.2. The summed E-state index contributed by atoms with van der Waals surface area (Å²) in [6.45, 7) is 4.15. The highest BCUT2D eigenvalue weighted by molar-refractivity contribution is 5.85. The maximum atomic E-state index is 12.5. The van der Waals surface area contributed by atoms with Crippen LogP contribution in [0.5, 0.6) is 0 Å². The predicted molar refractivity (Wildman–Crippen MR) is 102 cm³/mol. The number of amides is 1. The highest BCUT2D eigenvalue weighted by Gasteiger charge is 2.19. The summed E-state index contributed by atoms with van der Waals surface area (Å²) in [7, 11) is 1.86. The Kier molecular flexibility index (Phi) is 7.96. The third-order valence-corrected chi connectivity index (χ3v) is 4.33. The number of hydrogen-bond acceptors (Lipinski definition) is 2. The molecule has 2 atom stereocenters. The first-order valence-electron chi connectivity index (χ1n) is 8.09. The maximum Gasteiger partial charge on any atom is 0.224 e. The summed E-state index contributed by atoms with van der Waals surface area (Å²) < 4.78 is 0. The summed E-state index contributed by atoms with van der Waals surface area (Å²) in [5, 5.41) is 0. The van der Waals surface area contributed by atoms with Crippen molar-refractivity contribution in [2.45, 2.75) is 38.8 Å². The molecule has 2 unspecified atom stereocenters. The van der Waals surface area contributed by atoms with Gasteiger partial charge < -0.3 is 10.6 Å². The zero-order valence-corrected chi connectivity index (χ0v) is 15.4. The molecule has 2 rings (SSSR count).